The number of aromatic hydroxyl groups is 1. The van der Waals surface area contributed by atoms with E-state index in [0.717, 1.165) is 5.56 Å². The maximum Gasteiger partial charge on any atom is 0.329 e. The number of hydrogen-bond donors (Lipinski definition) is 3. The molecular weight excluding hydrogens is 384 g/mol. The number of nitrogens with one attached hydrogen (secondary N) is 2. The molecule has 0 fully saturated rings. The van der Waals surface area contributed by atoms with Gasteiger partial charge in [-0.2, -0.15) is 10.1 Å². The van der Waals surface area contributed by atoms with Gasteiger partial charge in [0.05, 0.1) is 6.21 Å². The number of hydrazone groups is 1. The molecule has 4 aromatic rings. The number of anilines is 1. The lowest BCUT2D eigenvalue weighted by molar-refractivity contribution is 0.474. The molecule has 2 heterocycles. The highest BCUT2D eigenvalue weighted by molar-refractivity contribution is 5.83. The molecule has 9 heteroatoms. The van der Waals surface area contributed by atoms with Gasteiger partial charge in [0.15, 0.2) is 11.2 Å². The summed E-state index contributed by atoms with van der Waals surface area (Å²) in [5.41, 5.74) is 3.96. The molecule has 0 amide bonds. The zero-order valence-electron chi connectivity index (χ0n) is 16.2. The van der Waals surface area contributed by atoms with Crippen LogP contribution >= 0.6 is 0 Å². The maximum absolute atomic E-state index is 12.5. The van der Waals surface area contributed by atoms with Crippen molar-refractivity contribution in [1.29, 1.82) is 0 Å². The molecule has 0 unspecified atom stereocenters. The van der Waals surface area contributed by atoms with Gasteiger partial charge in [0.1, 0.15) is 5.75 Å². The van der Waals surface area contributed by atoms with Crippen molar-refractivity contribution in [1.82, 2.24) is 19.1 Å². The third-order valence-electron chi connectivity index (χ3n) is 4.78. The number of phenols is 1. The van der Waals surface area contributed by atoms with Gasteiger partial charge in [0.25, 0.3) is 5.56 Å². The highest BCUT2D eigenvalue weighted by atomic mass is 16.3. The second-order valence-electron chi connectivity index (χ2n) is 6.74. The number of hydrogen-bond acceptors (Lipinski definition) is 6. The van der Waals surface area contributed by atoms with E-state index in [1.54, 1.807) is 35.9 Å². The summed E-state index contributed by atoms with van der Waals surface area (Å²) in [5, 5.41) is 14.0. The van der Waals surface area contributed by atoms with Crippen LogP contribution in [0.3, 0.4) is 0 Å². The Morgan fingerprint density at radius 2 is 1.87 bits per heavy atom. The minimum Gasteiger partial charge on any atom is -0.507 e. The van der Waals surface area contributed by atoms with Crippen LogP contribution in [0.2, 0.25) is 0 Å². The number of para-hydroxylation sites is 1. The number of aryl methyl sites for hydroxylation is 3. The Kier molecular flexibility index (Phi) is 5.17. The minimum absolute atomic E-state index is 0.0967. The first-order valence-corrected chi connectivity index (χ1v) is 9.35. The Labute approximate surface area is 171 Å². The van der Waals surface area contributed by atoms with Crippen LogP contribution in [0.5, 0.6) is 5.75 Å². The van der Waals surface area contributed by atoms with Gasteiger partial charge in [-0.25, -0.2) is 10.2 Å². The van der Waals surface area contributed by atoms with E-state index in [4.69, 9.17) is 0 Å². The lowest BCUT2D eigenvalue weighted by Crippen LogP contribution is -2.29. The van der Waals surface area contributed by atoms with Gasteiger partial charge in [-0.3, -0.25) is 14.3 Å². The van der Waals surface area contributed by atoms with Crippen LogP contribution in [0, 0.1) is 0 Å². The Hall–Kier alpha value is -4.14. The number of phenolic OH excluding ortho intramolecular Hbond substituents is 1. The van der Waals surface area contributed by atoms with E-state index in [1.165, 1.54) is 10.8 Å². The van der Waals surface area contributed by atoms with Crippen molar-refractivity contribution < 1.29 is 5.11 Å². The first-order chi connectivity index (χ1) is 14.5. The number of imidazole rings is 1. The van der Waals surface area contributed by atoms with E-state index in [0.29, 0.717) is 24.5 Å². The molecule has 152 valence electrons. The summed E-state index contributed by atoms with van der Waals surface area (Å²) in [7, 11) is 1.55. The molecule has 0 saturated carbocycles. The Bertz CT molecular complexity index is 1330. The van der Waals surface area contributed by atoms with E-state index in [2.05, 4.69) is 20.5 Å². The molecule has 30 heavy (non-hydrogen) atoms. The molecular formula is C21H20N6O3. The molecule has 2 aromatic heterocycles. The van der Waals surface area contributed by atoms with Gasteiger partial charge in [-0.1, -0.05) is 42.5 Å². The summed E-state index contributed by atoms with van der Waals surface area (Å²) in [6.45, 7) is 0.455. The van der Waals surface area contributed by atoms with Crippen molar-refractivity contribution in [2.24, 2.45) is 12.1 Å². The van der Waals surface area contributed by atoms with Crippen molar-refractivity contribution in [2.75, 3.05) is 5.43 Å². The van der Waals surface area contributed by atoms with Crippen LogP contribution in [0.4, 0.5) is 5.95 Å². The van der Waals surface area contributed by atoms with Crippen LogP contribution in [0.25, 0.3) is 11.2 Å². The number of aromatic amines is 1. The van der Waals surface area contributed by atoms with Gasteiger partial charge in [-0.05, 0) is 24.1 Å². The number of H-pyrrole nitrogens is 1. The molecule has 0 aliphatic rings. The van der Waals surface area contributed by atoms with Crippen LogP contribution in [0.15, 0.2) is 69.3 Å². The summed E-state index contributed by atoms with van der Waals surface area (Å²) < 4.78 is 2.98. The number of aromatic nitrogens is 4. The Balaban J connectivity index is 1.72. The maximum atomic E-state index is 12.5. The van der Waals surface area contributed by atoms with Gasteiger partial charge in [0, 0.05) is 19.2 Å². The largest absolute Gasteiger partial charge is 0.507 e. The summed E-state index contributed by atoms with van der Waals surface area (Å²) in [6.07, 6.45) is 2.12. The van der Waals surface area contributed by atoms with Gasteiger partial charge in [0.2, 0.25) is 5.95 Å². The quantitative estimate of drug-likeness (QED) is 0.335. The second-order valence-corrected chi connectivity index (χ2v) is 6.74. The van der Waals surface area contributed by atoms with Gasteiger partial charge < -0.3 is 9.67 Å². The normalized spacial score (nSPS) is 11.4. The number of rotatable bonds is 6. The molecule has 4 rings (SSSR count). The highest BCUT2D eigenvalue weighted by Gasteiger charge is 2.17. The van der Waals surface area contributed by atoms with Crippen LogP contribution < -0.4 is 16.7 Å². The highest BCUT2D eigenvalue weighted by Crippen LogP contribution is 2.17. The molecule has 0 saturated heterocycles. The lowest BCUT2D eigenvalue weighted by atomic mass is 10.1. The van der Waals surface area contributed by atoms with E-state index in [1.807, 2.05) is 30.3 Å². The molecule has 9 nitrogen and oxygen atoms in total. The fourth-order valence-corrected chi connectivity index (χ4v) is 3.18. The monoisotopic (exact) mass is 404 g/mol. The van der Waals surface area contributed by atoms with Gasteiger partial charge in [-0.15, -0.1) is 0 Å². The molecule has 0 aliphatic carbocycles. The molecule has 0 aliphatic heterocycles. The van der Waals surface area contributed by atoms with Crippen molar-refractivity contribution in [3.8, 4) is 5.75 Å². The minimum atomic E-state index is -0.538. The molecule has 0 bridgehead atoms. The van der Waals surface area contributed by atoms with Crippen molar-refractivity contribution in [2.45, 2.75) is 13.0 Å². The Morgan fingerprint density at radius 1 is 1.13 bits per heavy atom. The average Bonchev–Trinajstić information content (AvgIpc) is 3.12. The molecule has 2 aromatic carbocycles. The summed E-state index contributed by atoms with van der Waals surface area (Å²) in [4.78, 5) is 31.2. The molecule has 0 atom stereocenters. The third-order valence-corrected chi connectivity index (χ3v) is 4.78. The Morgan fingerprint density at radius 3 is 2.63 bits per heavy atom. The predicted molar refractivity (Wildman–Crippen MR) is 115 cm³/mol. The van der Waals surface area contributed by atoms with Crippen LogP contribution in [0.1, 0.15) is 11.1 Å². The smallest absolute Gasteiger partial charge is 0.329 e. The summed E-state index contributed by atoms with van der Waals surface area (Å²) in [6, 6.07) is 16.6. The predicted octanol–water partition coefficient (Wildman–Crippen LogP) is 1.82. The van der Waals surface area contributed by atoms with Gasteiger partial charge >= 0.3 is 5.69 Å². The number of benzene rings is 2. The number of nitrogens with zero attached hydrogens (tertiary/aromatic N) is 4. The van der Waals surface area contributed by atoms with Crippen molar-refractivity contribution >= 4 is 23.3 Å². The van der Waals surface area contributed by atoms with Crippen molar-refractivity contribution in [3.63, 3.8) is 0 Å². The molecule has 0 spiro atoms. The first kappa shape index (κ1) is 19.2. The molecule has 0 radical (unpaired) electrons. The van der Waals surface area contributed by atoms with E-state index in [9.17, 15) is 14.7 Å². The van der Waals surface area contributed by atoms with Crippen LogP contribution in [-0.2, 0) is 20.0 Å². The average molecular weight is 404 g/mol. The second kappa shape index (κ2) is 8.08. The fraction of sp³-hybridized carbons (Fsp3) is 0.143. The van der Waals surface area contributed by atoms with Crippen molar-refractivity contribution in [3.05, 3.63) is 86.6 Å². The zero-order valence-corrected chi connectivity index (χ0v) is 16.2. The van der Waals surface area contributed by atoms with E-state index >= 15 is 0 Å². The topological polar surface area (TPSA) is 117 Å². The van der Waals surface area contributed by atoms with E-state index < -0.39 is 11.2 Å². The summed E-state index contributed by atoms with van der Waals surface area (Å²) >= 11 is 0. The third kappa shape index (κ3) is 3.72. The SMILES string of the molecule is Cn1c(=O)[nH]c(=O)c2c1nc(N/N=C\c1ccccc1O)n2CCc1ccccc1. The zero-order chi connectivity index (χ0) is 21.1. The first-order valence-electron chi connectivity index (χ1n) is 9.35. The lowest BCUT2D eigenvalue weighted by Gasteiger charge is -2.08. The van der Waals surface area contributed by atoms with Crippen LogP contribution in [-0.4, -0.2) is 30.4 Å². The van der Waals surface area contributed by atoms with E-state index in [-0.39, 0.29) is 16.9 Å². The molecule has 3 N–H and O–H groups in total. The summed E-state index contributed by atoms with van der Waals surface area (Å²) in [5.74, 6) is 0.416. The fourth-order valence-electron chi connectivity index (χ4n) is 3.18. The number of fused-ring (bicyclic) bond motifs is 1. The standard InChI is InChI=1S/C21H20N6O3/c1-26-18-17(19(29)24-21(26)30)27(12-11-14-7-3-2-4-8-14)20(23-18)25-22-13-15-9-5-6-10-16(15)28/h2-10,13,28H,11-12H2,1H3,(H,23,25)(H,24,29,30)/b22-13-.